The smallest absolute Gasteiger partial charge is 0.168 e. The molecule has 0 radical (unpaired) electrons. The van der Waals surface area contributed by atoms with Crippen molar-refractivity contribution >= 4 is 17.5 Å². The van der Waals surface area contributed by atoms with Crippen molar-refractivity contribution in [2.24, 2.45) is 0 Å². The molecule has 4 heteroatoms. The first kappa shape index (κ1) is 13.9. The molecule has 3 nitrogen and oxygen atoms in total. The third kappa shape index (κ3) is 2.45. The monoisotopic (exact) mass is 275 g/mol. The van der Waals surface area contributed by atoms with Crippen LogP contribution in [-0.4, -0.2) is 17.2 Å². The van der Waals surface area contributed by atoms with Crippen LogP contribution in [0.3, 0.4) is 0 Å². The zero-order valence-electron chi connectivity index (χ0n) is 11.8. The van der Waals surface area contributed by atoms with Crippen LogP contribution >= 0.6 is 11.8 Å². The van der Waals surface area contributed by atoms with Gasteiger partial charge in [0.25, 0.3) is 0 Å². The summed E-state index contributed by atoms with van der Waals surface area (Å²) in [5.74, 6) is 0.802. The van der Waals surface area contributed by atoms with Crippen LogP contribution in [0.2, 0.25) is 0 Å². The lowest BCUT2D eigenvalue weighted by atomic mass is 9.95. The van der Waals surface area contributed by atoms with Crippen molar-refractivity contribution in [3.05, 3.63) is 34.5 Å². The molecular formula is C15H17NO2S. The Balaban J connectivity index is 2.79. The van der Waals surface area contributed by atoms with Crippen molar-refractivity contribution < 1.29 is 9.32 Å². The van der Waals surface area contributed by atoms with Crippen molar-refractivity contribution in [1.82, 2.24) is 5.16 Å². The Morgan fingerprint density at radius 3 is 2.42 bits per heavy atom. The third-order valence-electron chi connectivity index (χ3n) is 3.18. The number of ketones is 1. The first-order valence-electron chi connectivity index (χ1n) is 6.08. The highest BCUT2D eigenvalue weighted by molar-refractivity contribution is 7.98. The molecule has 0 aliphatic carbocycles. The van der Waals surface area contributed by atoms with Crippen LogP contribution in [0, 0.1) is 20.8 Å². The van der Waals surface area contributed by atoms with Crippen LogP contribution in [0.5, 0.6) is 0 Å². The average Bonchev–Trinajstić information content (AvgIpc) is 2.77. The molecule has 1 aromatic carbocycles. The topological polar surface area (TPSA) is 43.1 Å². The SMILES string of the molecule is CSc1c(C)cc(C(C)=O)c(C)c1-c1cc(C)no1. The number of aromatic nitrogens is 1. The standard InChI is InChI=1S/C15H17NO2S/c1-8-6-12(11(4)17)10(3)14(15(8)19-5)13-7-9(2)16-18-13/h6-7H,1-5H3. The van der Waals surface area contributed by atoms with Gasteiger partial charge >= 0.3 is 0 Å². The number of carbonyl (C=O) groups excluding carboxylic acids is 1. The van der Waals surface area contributed by atoms with Crippen LogP contribution in [0.1, 0.15) is 34.1 Å². The van der Waals surface area contributed by atoms with E-state index in [1.165, 1.54) is 0 Å². The summed E-state index contributed by atoms with van der Waals surface area (Å²) >= 11 is 1.66. The van der Waals surface area contributed by atoms with Crippen molar-refractivity contribution in [3.63, 3.8) is 0 Å². The molecule has 0 spiro atoms. The summed E-state index contributed by atoms with van der Waals surface area (Å²) in [6, 6.07) is 3.86. The van der Waals surface area contributed by atoms with Gasteiger partial charge in [-0.05, 0) is 51.1 Å². The van der Waals surface area contributed by atoms with Crippen LogP contribution in [-0.2, 0) is 0 Å². The second-order valence-corrected chi connectivity index (χ2v) is 5.48. The third-order valence-corrected chi connectivity index (χ3v) is 4.12. The predicted molar refractivity (Wildman–Crippen MR) is 77.9 cm³/mol. The zero-order chi connectivity index (χ0) is 14.2. The van der Waals surface area contributed by atoms with E-state index in [-0.39, 0.29) is 5.78 Å². The molecule has 0 unspecified atom stereocenters. The fourth-order valence-electron chi connectivity index (χ4n) is 2.30. The van der Waals surface area contributed by atoms with Crippen molar-refractivity contribution in [1.29, 1.82) is 0 Å². The Morgan fingerprint density at radius 1 is 1.26 bits per heavy atom. The van der Waals surface area contributed by atoms with E-state index >= 15 is 0 Å². The van der Waals surface area contributed by atoms with E-state index in [0.29, 0.717) is 0 Å². The van der Waals surface area contributed by atoms with Crippen LogP contribution < -0.4 is 0 Å². The highest BCUT2D eigenvalue weighted by atomic mass is 32.2. The number of nitrogens with zero attached hydrogens (tertiary/aromatic N) is 1. The van der Waals surface area contributed by atoms with E-state index in [1.807, 2.05) is 39.2 Å². The summed E-state index contributed by atoms with van der Waals surface area (Å²) in [4.78, 5) is 12.9. The summed E-state index contributed by atoms with van der Waals surface area (Å²) in [5, 5.41) is 3.94. The lowest BCUT2D eigenvalue weighted by Crippen LogP contribution is -2.01. The Bertz CT molecular complexity index is 644. The Kier molecular flexibility index (Phi) is 3.80. The van der Waals surface area contributed by atoms with E-state index in [9.17, 15) is 4.79 Å². The fourth-order valence-corrected chi connectivity index (χ4v) is 3.14. The summed E-state index contributed by atoms with van der Waals surface area (Å²) in [5.41, 5.74) is 4.62. The molecule has 0 bridgehead atoms. The Morgan fingerprint density at radius 2 is 1.95 bits per heavy atom. The van der Waals surface area contributed by atoms with Gasteiger partial charge in [-0.3, -0.25) is 4.79 Å². The molecule has 100 valence electrons. The van der Waals surface area contributed by atoms with Gasteiger partial charge in [0.1, 0.15) is 0 Å². The van der Waals surface area contributed by atoms with E-state index in [2.05, 4.69) is 5.16 Å². The number of benzene rings is 1. The molecule has 0 atom stereocenters. The van der Waals surface area contributed by atoms with Gasteiger partial charge in [-0.15, -0.1) is 11.8 Å². The van der Waals surface area contributed by atoms with Gasteiger partial charge in [0.05, 0.1) is 5.69 Å². The minimum atomic E-state index is 0.0748. The van der Waals surface area contributed by atoms with E-state index in [1.54, 1.807) is 18.7 Å². The van der Waals surface area contributed by atoms with E-state index in [4.69, 9.17) is 4.52 Å². The molecule has 2 aromatic rings. The minimum Gasteiger partial charge on any atom is -0.356 e. The minimum absolute atomic E-state index is 0.0748. The van der Waals surface area contributed by atoms with Gasteiger partial charge in [0.15, 0.2) is 11.5 Å². The molecule has 2 rings (SSSR count). The molecule has 0 aliphatic heterocycles. The van der Waals surface area contributed by atoms with Gasteiger partial charge in [-0.2, -0.15) is 0 Å². The van der Waals surface area contributed by atoms with Gasteiger partial charge in [-0.25, -0.2) is 0 Å². The average molecular weight is 275 g/mol. The highest BCUT2D eigenvalue weighted by Gasteiger charge is 2.19. The zero-order valence-corrected chi connectivity index (χ0v) is 12.6. The number of thioether (sulfide) groups is 1. The maximum absolute atomic E-state index is 11.8. The lowest BCUT2D eigenvalue weighted by molar-refractivity contribution is 0.101. The number of hydrogen-bond donors (Lipinski definition) is 0. The normalized spacial score (nSPS) is 10.8. The second-order valence-electron chi connectivity index (χ2n) is 4.66. The lowest BCUT2D eigenvalue weighted by Gasteiger charge is -2.14. The van der Waals surface area contributed by atoms with Crippen LogP contribution in [0.4, 0.5) is 0 Å². The summed E-state index contributed by atoms with van der Waals surface area (Å²) < 4.78 is 5.39. The summed E-state index contributed by atoms with van der Waals surface area (Å²) in [6.45, 7) is 7.46. The van der Waals surface area contributed by atoms with Crippen molar-refractivity contribution in [3.8, 4) is 11.3 Å². The van der Waals surface area contributed by atoms with Crippen molar-refractivity contribution in [2.75, 3.05) is 6.26 Å². The molecule has 0 saturated carbocycles. The molecule has 1 aromatic heterocycles. The van der Waals surface area contributed by atoms with E-state index in [0.717, 1.165) is 38.6 Å². The quantitative estimate of drug-likeness (QED) is 0.622. The largest absolute Gasteiger partial charge is 0.356 e. The number of carbonyl (C=O) groups is 1. The molecule has 0 saturated heterocycles. The number of Topliss-reactive ketones (excluding diaryl/α,β-unsaturated/α-hetero) is 1. The predicted octanol–water partition coefficient (Wildman–Crippen LogP) is 4.19. The van der Waals surface area contributed by atoms with Crippen molar-refractivity contribution in [2.45, 2.75) is 32.6 Å². The number of aryl methyl sites for hydroxylation is 2. The number of rotatable bonds is 3. The Labute approximate surface area is 117 Å². The molecule has 0 fully saturated rings. The van der Waals surface area contributed by atoms with Crippen LogP contribution in [0.25, 0.3) is 11.3 Å². The first-order valence-corrected chi connectivity index (χ1v) is 7.31. The number of hydrogen-bond acceptors (Lipinski definition) is 4. The Hall–Kier alpha value is -1.55. The molecule has 0 N–H and O–H groups in total. The molecule has 0 amide bonds. The molecular weight excluding hydrogens is 258 g/mol. The van der Waals surface area contributed by atoms with Gasteiger partial charge in [0.2, 0.25) is 0 Å². The first-order chi connectivity index (χ1) is 8.95. The summed E-state index contributed by atoms with van der Waals surface area (Å²) in [7, 11) is 0. The highest BCUT2D eigenvalue weighted by Crippen LogP contribution is 2.37. The van der Waals surface area contributed by atoms with Gasteiger partial charge in [-0.1, -0.05) is 5.16 Å². The van der Waals surface area contributed by atoms with Gasteiger partial charge in [0, 0.05) is 22.1 Å². The molecule has 1 heterocycles. The maximum atomic E-state index is 11.8. The fraction of sp³-hybridized carbons (Fsp3) is 0.333. The summed E-state index contributed by atoms with van der Waals surface area (Å²) in [6.07, 6.45) is 2.03. The van der Waals surface area contributed by atoms with Gasteiger partial charge < -0.3 is 4.52 Å². The molecule has 19 heavy (non-hydrogen) atoms. The molecule has 0 aliphatic rings. The van der Waals surface area contributed by atoms with E-state index < -0.39 is 0 Å². The van der Waals surface area contributed by atoms with Crippen LogP contribution in [0.15, 0.2) is 21.6 Å². The second kappa shape index (κ2) is 5.21. The maximum Gasteiger partial charge on any atom is 0.168 e.